The number of nitrogens with zero attached hydrogens (tertiary/aromatic N) is 2. The van der Waals surface area contributed by atoms with Crippen LogP contribution in [0, 0.1) is 17.5 Å². The highest BCUT2D eigenvalue weighted by Gasteiger charge is 2.22. The maximum absolute atomic E-state index is 14.1. The zero-order valence-corrected chi connectivity index (χ0v) is 18.8. The predicted octanol–water partition coefficient (Wildman–Crippen LogP) is 5.71. The van der Waals surface area contributed by atoms with E-state index >= 15 is 0 Å². The molecule has 3 rings (SSSR count). The number of esters is 1. The molecule has 0 bridgehead atoms. The third kappa shape index (κ3) is 5.27. The fourth-order valence-corrected chi connectivity index (χ4v) is 4.13. The van der Waals surface area contributed by atoms with Gasteiger partial charge in [-0.3, -0.25) is 9.59 Å². The summed E-state index contributed by atoms with van der Waals surface area (Å²) in [6, 6.07) is 7.79. The van der Waals surface area contributed by atoms with Crippen LogP contribution in [0.1, 0.15) is 50.1 Å². The number of thiazole rings is 1. The first-order chi connectivity index (χ1) is 15.2. The van der Waals surface area contributed by atoms with Gasteiger partial charge in [0.15, 0.2) is 11.6 Å². The summed E-state index contributed by atoms with van der Waals surface area (Å²) in [4.78, 5) is 30.1. The smallest absolute Gasteiger partial charge is 0.306 e. The maximum atomic E-state index is 14.1. The van der Waals surface area contributed by atoms with Crippen molar-refractivity contribution in [2.75, 3.05) is 11.5 Å². The van der Waals surface area contributed by atoms with Gasteiger partial charge in [0.2, 0.25) is 5.91 Å². The van der Waals surface area contributed by atoms with Crippen molar-refractivity contribution in [3.8, 4) is 0 Å². The summed E-state index contributed by atoms with van der Waals surface area (Å²) < 4.78 is 46.5. The summed E-state index contributed by atoms with van der Waals surface area (Å²) in [5.74, 6) is -4.03. The number of fused-ring (bicyclic) bond motifs is 1. The Kier molecular flexibility index (Phi) is 7.50. The highest BCUT2D eigenvalue weighted by Crippen LogP contribution is 2.31. The zero-order chi connectivity index (χ0) is 23.4. The van der Waals surface area contributed by atoms with Crippen molar-refractivity contribution in [2.45, 2.75) is 46.1 Å². The van der Waals surface area contributed by atoms with E-state index < -0.39 is 28.9 Å². The highest BCUT2D eigenvalue weighted by molar-refractivity contribution is 7.18. The van der Waals surface area contributed by atoms with Crippen LogP contribution in [0.5, 0.6) is 0 Å². The van der Waals surface area contributed by atoms with Crippen molar-refractivity contribution in [1.82, 2.24) is 4.98 Å². The minimum atomic E-state index is -1.32. The van der Waals surface area contributed by atoms with Crippen LogP contribution in [0.2, 0.25) is 0 Å². The van der Waals surface area contributed by atoms with Gasteiger partial charge in [-0.25, -0.2) is 18.2 Å². The summed E-state index contributed by atoms with van der Waals surface area (Å²) in [7, 11) is 0. The summed E-state index contributed by atoms with van der Waals surface area (Å²) in [5, 5.41) is 0.237. The van der Waals surface area contributed by atoms with E-state index in [0.29, 0.717) is 17.7 Å². The van der Waals surface area contributed by atoms with E-state index in [0.717, 1.165) is 16.9 Å². The van der Waals surface area contributed by atoms with Gasteiger partial charge >= 0.3 is 5.97 Å². The standard InChI is InChI=1S/C23H23F3N2O3S/c1-4-31-20(30)10-9-19(29)28(15-7-5-14(6-8-15)13(2)3)12-18-27-22-21(26)16(24)11-17(25)23(22)32-18/h5-8,11,13H,4,9-10,12H2,1-3H3. The second-order valence-corrected chi connectivity index (χ2v) is 8.55. The lowest BCUT2D eigenvalue weighted by molar-refractivity contribution is -0.144. The van der Waals surface area contributed by atoms with Gasteiger partial charge in [-0.1, -0.05) is 26.0 Å². The van der Waals surface area contributed by atoms with Gasteiger partial charge in [-0.15, -0.1) is 11.3 Å². The van der Waals surface area contributed by atoms with Gasteiger partial charge in [0.1, 0.15) is 16.3 Å². The molecule has 0 unspecified atom stereocenters. The van der Waals surface area contributed by atoms with E-state index in [4.69, 9.17) is 4.74 Å². The minimum absolute atomic E-state index is 0.0808. The molecule has 3 aromatic rings. The SMILES string of the molecule is CCOC(=O)CCC(=O)N(Cc1nc2c(F)c(F)cc(F)c2s1)c1ccc(C(C)C)cc1. The normalized spacial score (nSPS) is 11.2. The summed E-state index contributed by atoms with van der Waals surface area (Å²) >= 11 is 0.849. The Morgan fingerprint density at radius 3 is 2.41 bits per heavy atom. The monoisotopic (exact) mass is 464 g/mol. The zero-order valence-electron chi connectivity index (χ0n) is 18.0. The van der Waals surface area contributed by atoms with Gasteiger partial charge in [-0.05, 0) is 30.5 Å². The number of carbonyl (C=O) groups is 2. The molecule has 1 aromatic heterocycles. The number of ether oxygens (including phenoxy) is 1. The number of amides is 1. The van der Waals surface area contributed by atoms with E-state index in [-0.39, 0.29) is 41.6 Å². The van der Waals surface area contributed by atoms with Crippen LogP contribution in [0.4, 0.5) is 18.9 Å². The van der Waals surface area contributed by atoms with Crippen molar-refractivity contribution in [3.63, 3.8) is 0 Å². The number of hydrogen-bond acceptors (Lipinski definition) is 5. The maximum Gasteiger partial charge on any atom is 0.306 e. The Hall–Kier alpha value is -2.94. The molecule has 0 atom stereocenters. The number of aromatic nitrogens is 1. The van der Waals surface area contributed by atoms with Crippen LogP contribution in [-0.4, -0.2) is 23.5 Å². The van der Waals surface area contributed by atoms with Crippen molar-refractivity contribution in [3.05, 3.63) is 58.4 Å². The van der Waals surface area contributed by atoms with E-state index in [1.54, 1.807) is 19.1 Å². The Morgan fingerprint density at radius 1 is 1.09 bits per heavy atom. The quantitative estimate of drug-likeness (QED) is 0.316. The Balaban J connectivity index is 1.92. The van der Waals surface area contributed by atoms with Crippen LogP contribution >= 0.6 is 11.3 Å². The molecule has 0 saturated carbocycles. The molecule has 0 aliphatic heterocycles. The van der Waals surface area contributed by atoms with Gasteiger partial charge in [0.25, 0.3) is 0 Å². The second kappa shape index (κ2) is 10.1. The Bertz CT molecular complexity index is 1130. The fourth-order valence-electron chi connectivity index (χ4n) is 3.17. The molecule has 0 aliphatic rings. The van der Waals surface area contributed by atoms with E-state index in [2.05, 4.69) is 4.98 Å². The molecule has 0 radical (unpaired) electrons. The summed E-state index contributed by atoms with van der Waals surface area (Å²) in [5.41, 5.74) is 1.22. The van der Waals surface area contributed by atoms with Crippen LogP contribution in [-0.2, 0) is 20.9 Å². The average Bonchev–Trinajstić information content (AvgIpc) is 3.19. The van der Waals surface area contributed by atoms with Gasteiger partial charge in [0.05, 0.1) is 24.3 Å². The van der Waals surface area contributed by atoms with Crippen LogP contribution in [0.15, 0.2) is 30.3 Å². The molecule has 2 aromatic carbocycles. The highest BCUT2D eigenvalue weighted by atomic mass is 32.1. The number of hydrogen-bond donors (Lipinski definition) is 0. The molecular formula is C23H23F3N2O3S. The van der Waals surface area contributed by atoms with Crippen molar-refractivity contribution >= 4 is 39.1 Å². The molecule has 9 heteroatoms. The molecule has 0 saturated heterocycles. The van der Waals surface area contributed by atoms with Crippen molar-refractivity contribution < 1.29 is 27.5 Å². The molecule has 5 nitrogen and oxygen atoms in total. The average molecular weight is 465 g/mol. The molecule has 0 N–H and O–H groups in total. The fraction of sp³-hybridized carbons (Fsp3) is 0.348. The van der Waals surface area contributed by atoms with Gasteiger partial charge in [-0.2, -0.15) is 0 Å². The van der Waals surface area contributed by atoms with Gasteiger partial charge in [0, 0.05) is 18.2 Å². The lowest BCUT2D eigenvalue weighted by atomic mass is 10.0. The molecule has 0 spiro atoms. The number of halogens is 3. The van der Waals surface area contributed by atoms with Gasteiger partial charge < -0.3 is 9.64 Å². The summed E-state index contributed by atoms with van der Waals surface area (Å²) in [6.07, 6.45) is -0.200. The van der Waals surface area contributed by atoms with E-state index in [9.17, 15) is 22.8 Å². The lowest BCUT2D eigenvalue weighted by Crippen LogP contribution is -2.30. The molecule has 1 heterocycles. The van der Waals surface area contributed by atoms with Crippen molar-refractivity contribution in [2.24, 2.45) is 0 Å². The number of rotatable bonds is 8. The third-order valence-electron chi connectivity index (χ3n) is 4.87. The first kappa shape index (κ1) is 23.7. The summed E-state index contributed by atoms with van der Waals surface area (Å²) in [6.45, 7) is 5.90. The third-order valence-corrected chi connectivity index (χ3v) is 5.92. The molecule has 1 amide bonds. The van der Waals surface area contributed by atoms with Crippen LogP contribution in [0.25, 0.3) is 10.2 Å². The van der Waals surface area contributed by atoms with Crippen LogP contribution in [0.3, 0.4) is 0 Å². The van der Waals surface area contributed by atoms with Crippen molar-refractivity contribution in [1.29, 1.82) is 0 Å². The number of carbonyl (C=O) groups excluding carboxylic acids is 2. The molecule has 170 valence electrons. The largest absolute Gasteiger partial charge is 0.466 e. The molecule has 32 heavy (non-hydrogen) atoms. The molecular weight excluding hydrogens is 441 g/mol. The number of benzene rings is 2. The van der Waals surface area contributed by atoms with E-state index in [1.807, 2.05) is 26.0 Å². The minimum Gasteiger partial charge on any atom is -0.466 e. The first-order valence-electron chi connectivity index (χ1n) is 10.2. The lowest BCUT2D eigenvalue weighted by Gasteiger charge is -2.22. The van der Waals surface area contributed by atoms with Crippen LogP contribution < -0.4 is 4.90 Å². The Morgan fingerprint density at radius 2 is 1.78 bits per heavy atom. The second-order valence-electron chi connectivity index (χ2n) is 7.47. The Labute approximate surface area is 187 Å². The predicted molar refractivity (Wildman–Crippen MR) is 117 cm³/mol. The first-order valence-corrected chi connectivity index (χ1v) is 11.0. The molecule has 0 aliphatic carbocycles. The number of anilines is 1. The molecule has 0 fully saturated rings. The van der Waals surface area contributed by atoms with E-state index in [1.165, 1.54) is 4.90 Å². The topological polar surface area (TPSA) is 59.5 Å².